The third-order valence-corrected chi connectivity index (χ3v) is 6.22. The Balaban J connectivity index is 3.54. The molecule has 0 fully saturated rings. The van der Waals surface area contributed by atoms with Gasteiger partial charge in [0.1, 0.15) is 0 Å². The predicted octanol–water partition coefficient (Wildman–Crippen LogP) is 10.5. The van der Waals surface area contributed by atoms with Crippen molar-refractivity contribution in [3.05, 3.63) is 0 Å². The summed E-state index contributed by atoms with van der Waals surface area (Å²) >= 11 is 0. The van der Waals surface area contributed by atoms with Gasteiger partial charge in [0.05, 0.1) is 0 Å². The Kier molecular flexibility index (Phi) is 23.5. The van der Waals surface area contributed by atoms with Crippen LogP contribution in [0.5, 0.6) is 0 Å². The van der Waals surface area contributed by atoms with E-state index in [9.17, 15) is 0 Å². The molecule has 0 saturated carbocycles. The molecule has 0 amide bonds. The second-order valence-electron chi connectivity index (χ2n) is 9.88. The van der Waals surface area contributed by atoms with E-state index in [-0.39, 0.29) is 0 Å². The summed E-state index contributed by atoms with van der Waals surface area (Å²) in [6, 6.07) is 0. The van der Waals surface area contributed by atoms with Crippen LogP contribution in [0.25, 0.3) is 0 Å². The van der Waals surface area contributed by atoms with Gasteiger partial charge in [0.15, 0.2) is 0 Å². The molecule has 0 radical (unpaired) electrons. The summed E-state index contributed by atoms with van der Waals surface area (Å²) in [7, 11) is 0. The molecule has 0 aliphatic rings. The predicted molar refractivity (Wildman–Crippen MR) is 134 cm³/mol. The van der Waals surface area contributed by atoms with Gasteiger partial charge >= 0.3 is 0 Å². The van der Waals surface area contributed by atoms with E-state index in [1.54, 1.807) is 0 Å². The third-order valence-electron chi connectivity index (χ3n) is 6.22. The molecule has 0 rings (SSSR count). The van der Waals surface area contributed by atoms with Crippen LogP contribution >= 0.6 is 0 Å². The van der Waals surface area contributed by atoms with Gasteiger partial charge in [0.25, 0.3) is 0 Å². The summed E-state index contributed by atoms with van der Waals surface area (Å²) in [5.41, 5.74) is 0. The Bertz CT molecular complexity index is 356. The van der Waals surface area contributed by atoms with E-state index in [1.807, 2.05) is 0 Å². The summed E-state index contributed by atoms with van der Waals surface area (Å²) in [4.78, 5) is 0. The van der Waals surface area contributed by atoms with Crippen LogP contribution in [-0.2, 0) is 0 Å². The number of rotatable bonds is 21. The number of hydrogen-bond donors (Lipinski definition) is 0. The highest BCUT2D eigenvalue weighted by molar-refractivity contribution is 4.98. The van der Waals surface area contributed by atoms with E-state index in [0.717, 1.165) is 24.7 Å². The average molecular weight is 405 g/mol. The topological polar surface area (TPSA) is 0 Å². The third kappa shape index (κ3) is 23.7. The Labute approximate surface area is 186 Å². The molecule has 1 unspecified atom stereocenters. The average Bonchev–Trinajstić information content (AvgIpc) is 2.70. The minimum atomic E-state index is 0.870. The van der Waals surface area contributed by atoms with E-state index in [2.05, 4.69) is 39.5 Å². The monoisotopic (exact) mass is 404 g/mol. The molecular formula is C29H56. The molecule has 0 saturated heterocycles. The molecule has 0 heterocycles. The van der Waals surface area contributed by atoms with E-state index in [4.69, 9.17) is 0 Å². The molecule has 0 aliphatic heterocycles. The van der Waals surface area contributed by atoms with Gasteiger partial charge in [0, 0.05) is 12.8 Å². The molecule has 0 heteroatoms. The lowest BCUT2D eigenvalue weighted by atomic mass is 9.87. The van der Waals surface area contributed by atoms with Gasteiger partial charge in [-0.2, -0.15) is 0 Å². The molecule has 0 aliphatic carbocycles. The molecule has 29 heavy (non-hydrogen) atoms. The molecule has 0 spiro atoms. The summed E-state index contributed by atoms with van der Waals surface area (Å²) in [6.07, 6.45) is 29.2. The lowest BCUT2D eigenvalue weighted by molar-refractivity contribution is 0.338. The molecular weight excluding hydrogens is 348 g/mol. The highest BCUT2D eigenvalue weighted by Gasteiger charge is 2.10. The summed E-state index contributed by atoms with van der Waals surface area (Å²) in [6.45, 7) is 9.38. The first kappa shape index (κ1) is 28.6. The Morgan fingerprint density at radius 2 is 0.862 bits per heavy atom. The van der Waals surface area contributed by atoms with Crippen LogP contribution in [0.1, 0.15) is 163 Å². The zero-order valence-corrected chi connectivity index (χ0v) is 21.0. The van der Waals surface area contributed by atoms with Gasteiger partial charge in [-0.1, -0.05) is 130 Å². The van der Waals surface area contributed by atoms with Gasteiger partial charge < -0.3 is 0 Å². The SMILES string of the molecule is CCCCCC#CCCCCCCCCCC(CCCCCCCC)CC(C)C. The maximum absolute atomic E-state index is 3.36. The first-order valence-corrected chi connectivity index (χ1v) is 13.7. The van der Waals surface area contributed by atoms with Crippen molar-refractivity contribution in [3.8, 4) is 11.8 Å². The lowest BCUT2D eigenvalue weighted by Gasteiger charge is -2.19. The minimum Gasteiger partial charge on any atom is -0.103 e. The number of unbranched alkanes of at least 4 members (excludes halogenated alkanes) is 15. The van der Waals surface area contributed by atoms with Crippen molar-refractivity contribution in [1.82, 2.24) is 0 Å². The van der Waals surface area contributed by atoms with Crippen LogP contribution in [0.15, 0.2) is 0 Å². The highest BCUT2D eigenvalue weighted by atomic mass is 14.2. The maximum Gasteiger partial charge on any atom is 0.00886 e. The fourth-order valence-corrected chi connectivity index (χ4v) is 4.43. The van der Waals surface area contributed by atoms with Crippen molar-refractivity contribution < 1.29 is 0 Å². The van der Waals surface area contributed by atoms with E-state index < -0.39 is 0 Å². The van der Waals surface area contributed by atoms with Crippen LogP contribution in [0.2, 0.25) is 0 Å². The minimum absolute atomic E-state index is 0.870. The van der Waals surface area contributed by atoms with Crippen LogP contribution in [0.3, 0.4) is 0 Å². The van der Waals surface area contributed by atoms with Gasteiger partial charge in [-0.05, 0) is 31.1 Å². The van der Waals surface area contributed by atoms with Crippen molar-refractivity contribution in [2.45, 2.75) is 163 Å². The van der Waals surface area contributed by atoms with Crippen LogP contribution in [0, 0.1) is 23.7 Å². The van der Waals surface area contributed by atoms with Crippen molar-refractivity contribution >= 4 is 0 Å². The van der Waals surface area contributed by atoms with Crippen LogP contribution in [0.4, 0.5) is 0 Å². The van der Waals surface area contributed by atoms with Gasteiger partial charge in [-0.3, -0.25) is 0 Å². The van der Waals surface area contributed by atoms with Crippen molar-refractivity contribution in [1.29, 1.82) is 0 Å². The summed E-state index contributed by atoms with van der Waals surface area (Å²) < 4.78 is 0. The molecule has 172 valence electrons. The lowest BCUT2D eigenvalue weighted by Crippen LogP contribution is -2.05. The first-order chi connectivity index (χ1) is 14.2. The highest BCUT2D eigenvalue weighted by Crippen LogP contribution is 2.25. The zero-order chi connectivity index (χ0) is 21.4. The largest absolute Gasteiger partial charge is 0.103 e. The fourth-order valence-electron chi connectivity index (χ4n) is 4.43. The van der Waals surface area contributed by atoms with Crippen LogP contribution < -0.4 is 0 Å². The first-order valence-electron chi connectivity index (χ1n) is 13.7. The molecule has 0 N–H and O–H groups in total. The smallest absolute Gasteiger partial charge is 0.00886 e. The normalized spacial score (nSPS) is 12.2. The van der Waals surface area contributed by atoms with Crippen LogP contribution in [-0.4, -0.2) is 0 Å². The zero-order valence-electron chi connectivity index (χ0n) is 21.0. The maximum atomic E-state index is 3.36. The second kappa shape index (κ2) is 23.8. The molecule has 0 aromatic carbocycles. The van der Waals surface area contributed by atoms with Gasteiger partial charge in [0.2, 0.25) is 0 Å². The Morgan fingerprint density at radius 3 is 1.34 bits per heavy atom. The van der Waals surface area contributed by atoms with E-state index in [1.165, 1.54) is 122 Å². The van der Waals surface area contributed by atoms with Gasteiger partial charge in [-0.25, -0.2) is 0 Å². The van der Waals surface area contributed by atoms with Crippen molar-refractivity contribution in [2.75, 3.05) is 0 Å². The molecule has 0 aromatic rings. The summed E-state index contributed by atoms with van der Waals surface area (Å²) in [5.74, 6) is 8.57. The molecule has 0 bridgehead atoms. The molecule has 0 aromatic heterocycles. The van der Waals surface area contributed by atoms with Crippen molar-refractivity contribution in [2.24, 2.45) is 11.8 Å². The number of hydrogen-bond acceptors (Lipinski definition) is 0. The second-order valence-corrected chi connectivity index (χ2v) is 9.88. The van der Waals surface area contributed by atoms with Crippen molar-refractivity contribution in [3.63, 3.8) is 0 Å². The fraction of sp³-hybridized carbons (Fsp3) is 0.931. The van der Waals surface area contributed by atoms with Gasteiger partial charge in [-0.15, -0.1) is 11.8 Å². The van der Waals surface area contributed by atoms with E-state index in [0.29, 0.717) is 0 Å². The quantitative estimate of drug-likeness (QED) is 0.132. The molecule has 1 atom stereocenters. The standard InChI is InChI=1S/C29H56/c1-5-7-9-11-13-14-15-16-17-18-19-20-22-24-26-29(27-28(3)4)25-23-21-12-10-8-6-2/h28-29H,5-12,15-27H2,1-4H3. The Hall–Kier alpha value is -0.440. The Morgan fingerprint density at radius 1 is 0.483 bits per heavy atom. The summed E-state index contributed by atoms with van der Waals surface area (Å²) in [5, 5.41) is 0. The van der Waals surface area contributed by atoms with E-state index >= 15 is 0 Å². The molecule has 0 nitrogen and oxygen atoms in total.